The number of hydrogen-bond donors (Lipinski definition) is 7. The van der Waals surface area contributed by atoms with Gasteiger partial charge in [0.15, 0.2) is 0 Å². The number of nitrogens with one attached hydrogen (secondary N) is 3. The third-order valence-corrected chi connectivity index (χ3v) is 10.3. The summed E-state index contributed by atoms with van der Waals surface area (Å²) in [6.45, 7) is 4.92. The van der Waals surface area contributed by atoms with E-state index in [1.165, 1.54) is 23.9 Å². The number of aromatic nitrogens is 2. The average molecular weight is 714 g/mol. The maximum absolute atomic E-state index is 13.7. The first-order valence-corrected chi connectivity index (χ1v) is 18.4. The van der Waals surface area contributed by atoms with Gasteiger partial charge in [-0.15, -0.1) is 0 Å². The van der Waals surface area contributed by atoms with Crippen molar-refractivity contribution in [3.05, 3.63) is 60.2 Å². The van der Waals surface area contributed by atoms with Crippen LogP contribution in [-0.4, -0.2) is 116 Å². The predicted molar refractivity (Wildman–Crippen MR) is 171 cm³/mol. The number of benzene rings is 1. The van der Waals surface area contributed by atoms with Crippen molar-refractivity contribution in [1.82, 2.24) is 30.8 Å². The molecule has 1 aromatic carbocycles. The fourth-order valence-corrected chi connectivity index (χ4v) is 6.84. The highest BCUT2D eigenvalue weighted by atomic mass is 31.2. The van der Waals surface area contributed by atoms with Crippen LogP contribution < -0.4 is 16.0 Å². The molecular formula is C27H41BN6O12P2. The van der Waals surface area contributed by atoms with E-state index in [1.807, 2.05) is 49.1 Å². The van der Waals surface area contributed by atoms with Gasteiger partial charge in [0.25, 0.3) is 5.91 Å². The highest BCUT2D eigenvalue weighted by Crippen LogP contribution is 2.58. The van der Waals surface area contributed by atoms with E-state index in [0.29, 0.717) is 19.5 Å². The molecule has 3 amide bonds. The molecule has 48 heavy (non-hydrogen) atoms. The van der Waals surface area contributed by atoms with Gasteiger partial charge in [0.2, 0.25) is 11.4 Å². The molecular weight excluding hydrogens is 673 g/mol. The van der Waals surface area contributed by atoms with Gasteiger partial charge in [-0.1, -0.05) is 44.2 Å². The summed E-state index contributed by atoms with van der Waals surface area (Å²) in [4.78, 5) is 84.9. The van der Waals surface area contributed by atoms with Gasteiger partial charge in [0, 0.05) is 51.7 Å². The minimum absolute atomic E-state index is 0.0656. The number of carbonyl (C=O) groups is 3. The fourth-order valence-electron chi connectivity index (χ4n) is 4.73. The summed E-state index contributed by atoms with van der Waals surface area (Å²) in [5, 5.41) is 7.30. The van der Waals surface area contributed by atoms with Gasteiger partial charge in [-0.2, -0.15) is 0 Å². The van der Waals surface area contributed by atoms with E-state index < -0.39 is 57.7 Å². The van der Waals surface area contributed by atoms with Crippen LogP contribution in [0.3, 0.4) is 0 Å². The smallest absolute Gasteiger partial charge is 0.448 e. The van der Waals surface area contributed by atoms with E-state index in [-0.39, 0.29) is 44.4 Å². The fraction of sp³-hybridized carbons (Fsp3) is 0.519. The van der Waals surface area contributed by atoms with Crippen LogP contribution >= 0.6 is 15.2 Å². The number of ether oxygens (including phenoxy) is 1. The molecule has 264 valence electrons. The Hall–Kier alpha value is -3.25. The quantitative estimate of drug-likeness (QED) is 0.0953. The lowest BCUT2D eigenvalue weighted by Crippen LogP contribution is -2.57. The second-order valence-electron chi connectivity index (χ2n) is 11.3. The lowest BCUT2D eigenvalue weighted by atomic mass is 9.73. The van der Waals surface area contributed by atoms with Crippen LogP contribution in [0, 0.1) is 5.92 Å². The van der Waals surface area contributed by atoms with Gasteiger partial charge in [-0.3, -0.25) is 33.9 Å². The molecule has 1 aliphatic heterocycles. The molecule has 2 aromatic rings. The first-order chi connectivity index (χ1) is 22.6. The Morgan fingerprint density at radius 3 is 2.19 bits per heavy atom. The lowest BCUT2D eigenvalue weighted by molar-refractivity contribution is -0.123. The van der Waals surface area contributed by atoms with Crippen molar-refractivity contribution in [2.75, 3.05) is 39.5 Å². The summed E-state index contributed by atoms with van der Waals surface area (Å²) < 4.78 is 39.6. The van der Waals surface area contributed by atoms with Crippen LogP contribution in [0.5, 0.6) is 0 Å². The summed E-state index contributed by atoms with van der Waals surface area (Å²) in [5.74, 6) is -1.42. The SMILES string of the molecule is CC(C)C[C@H](NC(=O)[C@H](Cc1ccccc1)NC(=O)c1cnccn1)B1OCCN(CCOC(=O)NC(P(=O)(O)O)P(=O)(O)O)CCO1. The molecule has 1 aromatic heterocycles. The first kappa shape index (κ1) is 39.2. The van der Waals surface area contributed by atoms with Gasteiger partial charge in [0.05, 0.1) is 12.1 Å². The van der Waals surface area contributed by atoms with E-state index in [9.17, 15) is 23.5 Å². The van der Waals surface area contributed by atoms with Crippen LogP contribution in [0.25, 0.3) is 0 Å². The van der Waals surface area contributed by atoms with E-state index in [0.717, 1.165) is 5.56 Å². The van der Waals surface area contributed by atoms with Crippen LogP contribution in [0.4, 0.5) is 4.79 Å². The molecule has 7 N–H and O–H groups in total. The van der Waals surface area contributed by atoms with Crippen molar-refractivity contribution in [1.29, 1.82) is 0 Å². The Bertz CT molecular complexity index is 1400. The highest BCUT2D eigenvalue weighted by Gasteiger charge is 2.45. The van der Waals surface area contributed by atoms with Gasteiger partial charge in [-0.25, -0.2) is 9.78 Å². The number of carbonyl (C=O) groups excluding carboxylic acids is 3. The molecule has 18 nitrogen and oxygen atoms in total. The number of rotatable bonds is 15. The zero-order valence-corrected chi connectivity index (χ0v) is 28.2. The normalized spacial score (nSPS) is 16.0. The summed E-state index contributed by atoms with van der Waals surface area (Å²) >= 11 is 0. The van der Waals surface area contributed by atoms with Crippen molar-refractivity contribution >= 4 is 40.2 Å². The zero-order valence-electron chi connectivity index (χ0n) is 26.5. The lowest BCUT2D eigenvalue weighted by Gasteiger charge is -2.32. The summed E-state index contributed by atoms with van der Waals surface area (Å²) in [6.07, 6.45) is 3.44. The average Bonchev–Trinajstić information content (AvgIpc) is 2.99. The summed E-state index contributed by atoms with van der Waals surface area (Å²) in [5.41, 5.74) is -1.82. The highest BCUT2D eigenvalue weighted by molar-refractivity contribution is 7.70. The molecule has 0 saturated carbocycles. The number of amides is 3. The van der Waals surface area contributed by atoms with E-state index in [1.54, 1.807) is 0 Å². The Morgan fingerprint density at radius 2 is 1.62 bits per heavy atom. The molecule has 21 heteroatoms. The molecule has 2 atom stereocenters. The minimum atomic E-state index is -5.36. The third-order valence-electron chi connectivity index (χ3n) is 6.99. The molecule has 3 rings (SSSR count). The van der Waals surface area contributed by atoms with Crippen LogP contribution in [0.1, 0.15) is 36.3 Å². The third kappa shape index (κ3) is 13.3. The molecule has 1 fully saturated rings. The monoisotopic (exact) mass is 714 g/mol. The maximum atomic E-state index is 13.7. The van der Waals surface area contributed by atoms with Gasteiger partial charge in [0.1, 0.15) is 18.3 Å². The number of nitrogens with zero attached hydrogens (tertiary/aromatic N) is 3. The van der Waals surface area contributed by atoms with Crippen LogP contribution in [0.2, 0.25) is 0 Å². The van der Waals surface area contributed by atoms with Crippen molar-refractivity contribution < 1.29 is 57.1 Å². The van der Waals surface area contributed by atoms with Crippen molar-refractivity contribution in [2.24, 2.45) is 5.92 Å². The molecule has 0 unspecified atom stereocenters. The summed E-state index contributed by atoms with van der Waals surface area (Å²) in [6, 6.07) is 8.29. The Balaban J connectivity index is 1.58. The van der Waals surface area contributed by atoms with Crippen molar-refractivity contribution in [2.45, 2.75) is 44.2 Å². The Kier molecular flexibility index (Phi) is 15.1. The first-order valence-electron chi connectivity index (χ1n) is 15.0. The minimum Gasteiger partial charge on any atom is -0.448 e. The Labute approximate surface area is 277 Å². The standard InChI is InChI=1S/C27H41BN6O12P2/c1-19(2)16-23(32-24(35)21(17-20-6-4-3-5-7-20)31-25(36)22-18-29-8-9-30-22)28-45-14-11-34(12-15-46-28)10-13-44-26(37)33-27(47(38,39)40)48(41,42)43/h3-9,18-19,21,23,27H,10-17H2,1-2H3,(H,31,36)(H,32,35)(H,33,37)(H2,38,39,40)(H2,41,42,43)/t21-,23-/m0/s1. The second-order valence-corrected chi connectivity index (χ2v) is 15.1. The van der Waals surface area contributed by atoms with Gasteiger partial charge < -0.3 is 44.3 Å². The van der Waals surface area contributed by atoms with Crippen LogP contribution in [-0.2, 0) is 34.4 Å². The van der Waals surface area contributed by atoms with Crippen molar-refractivity contribution in [3.8, 4) is 0 Å². The van der Waals surface area contributed by atoms with E-state index in [2.05, 4.69) is 20.6 Å². The van der Waals surface area contributed by atoms with E-state index in [4.69, 9.17) is 33.6 Å². The molecule has 0 aliphatic carbocycles. The zero-order chi connectivity index (χ0) is 35.3. The molecule has 1 saturated heterocycles. The molecule has 1 aliphatic rings. The molecule has 0 radical (unpaired) electrons. The molecule has 0 spiro atoms. The second kappa shape index (κ2) is 18.5. The van der Waals surface area contributed by atoms with Gasteiger partial charge >= 0.3 is 28.4 Å². The number of hydrogen-bond acceptors (Lipinski definition) is 11. The Morgan fingerprint density at radius 1 is 0.979 bits per heavy atom. The van der Waals surface area contributed by atoms with E-state index >= 15 is 0 Å². The molecule has 2 heterocycles. The predicted octanol–water partition coefficient (Wildman–Crippen LogP) is 0.0900. The number of alkyl carbamates (subject to hydrolysis) is 1. The topological polar surface area (TPSA) is 259 Å². The van der Waals surface area contributed by atoms with Gasteiger partial charge in [-0.05, 0) is 17.9 Å². The summed E-state index contributed by atoms with van der Waals surface area (Å²) in [7, 11) is -11.5. The van der Waals surface area contributed by atoms with Crippen LogP contribution in [0.15, 0.2) is 48.9 Å². The largest absolute Gasteiger partial charge is 0.480 e. The van der Waals surface area contributed by atoms with Crippen molar-refractivity contribution in [3.63, 3.8) is 0 Å². The molecule has 0 bridgehead atoms. The maximum Gasteiger partial charge on any atom is 0.480 e.